The molecule has 1 aliphatic heterocycles. The zero-order valence-electron chi connectivity index (χ0n) is 11.2. The Morgan fingerprint density at radius 3 is 2.53 bits per heavy atom. The third-order valence-electron chi connectivity index (χ3n) is 4.20. The Balaban J connectivity index is 1.47. The van der Waals surface area contributed by atoms with E-state index in [4.69, 9.17) is 5.84 Å². The van der Waals surface area contributed by atoms with Crippen molar-refractivity contribution in [3.63, 3.8) is 0 Å². The fraction of sp³-hybridized carbons (Fsp3) is 0.833. The minimum atomic E-state index is 0.694. The number of piperazine rings is 1. The van der Waals surface area contributed by atoms with E-state index in [-0.39, 0.29) is 0 Å². The molecule has 19 heavy (non-hydrogen) atoms. The van der Waals surface area contributed by atoms with E-state index in [1.54, 1.807) is 0 Å². The number of aromatic nitrogens is 2. The summed E-state index contributed by atoms with van der Waals surface area (Å²) >= 11 is 1.54. The first-order valence-corrected chi connectivity index (χ1v) is 7.92. The van der Waals surface area contributed by atoms with Crippen LogP contribution in [0, 0.1) is 0 Å². The predicted octanol–water partition coefficient (Wildman–Crippen LogP) is 0.884. The van der Waals surface area contributed by atoms with Crippen molar-refractivity contribution >= 4 is 16.5 Å². The van der Waals surface area contributed by atoms with Crippen molar-refractivity contribution in [3.8, 4) is 0 Å². The summed E-state index contributed by atoms with van der Waals surface area (Å²) in [6.45, 7) is 5.58. The molecule has 0 bridgehead atoms. The van der Waals surface area contributed by atoms with Gasteiger partial charge in [-0.05, 0) is 12.8 Å². The van der Waals surface area contributed by atoms with Crippen LogP contribution in [0.25, 0.3) is 0 Å². The molecular formula is C12H22N6S. The van der Waals surface area contributed by atoms with E-state index < -0.39 is 0 Å². The summed E-state index contributed by atoms with van der Waals surface area (Å²) in [6, 6.07) is 0.858. The number of rotatable bonds is 4. The third-order valence-corrected chi connectivity index (χ3v) is 5.04. The van der Waals surface area contributed by atoms with Crippen LogP contribution in [-0.2, 0) is 6.54 Å². The van der Waals surface area contributed by atoms with Gasteiger partial charge in [-0.25, -0.2) is 5.84 Å². The summed E-state index contributed by atoms with van der Waals surface area (Å²) in [5.74, 6) is 5.32. The molecule has 0 radical (unpaired) electrons. The maximum absolute atomic E-state index is 5.32. The topological polar surface area (TPSA) is 70.3 Å². The van der Waals surface area contributed by atoms with Crippen LogP contribution in [0.3, 0.4) is 0 Å². The summed E-state index contributed by atoms with van der Waals surface area (Å²) in [6.07, 6.45) is 5.65. The van der Waals surface area contributed by atoms with Crippen LogP contribution in [0.2, 0.25) is 0 Å². The second-order valence-corrected chi connectivity index (χ2v) is 6.46. The second kappa shape index (κ2) is 6.13. The largest absolute Gasteiger partial charge is 0.298 e. The summed E-state index contributed by atoms with van der Waals surface area (Å²) in [5.41, 5.74) is 2.55. The first-order valence-electron chi connectivity index (χ1n) is 7.10. The van der Waals surface area contributed by atoms with E-state index in [9.17, 15) is 0 Å². The monoisotopic (exact) mass is 282 g/mol. The number of hydrogen-bond donors (Lipinski definition) is 2. The van der Waals surface area contributed by atoms with Gasteiger partial charge in [-0.15, -0.1) is 10.2 Å². The summed E-state index contributed by atoms with van der Waals surface area (Å²) in [5, 5.41) is 9.86. The summed E-state index contributed by atoms with van der Waals surface area (Å²) < 4.78 is 0. The van der Waals surface area contributed by atoms with Crippen LogP contribution in [0.15, 0.2) is 0 Å². The molecule has 1 aliphatic carbocycles. The Bertz CT molecular complexity index is 395. The van der Waals surface area contributed by atoms with Gasteiger partial charge in [-0.1, -0.05) is 24.2 Å². The van der Waals surface area contributed by atoms with Crippen molar-refractivity contribution in [3.05, 3.63) is 5.01 Å². The Labute approximate surface area is 117 Å². The van der Waals surface area contributed by atoms with E-state index in [2.05, 4.69) is 25.4 Å². The predicted molar refractivity (Wildman–Crippen MR) is 76.8 cm³/mol. The van der Waals surface area contributed by atoms with Crippen LogP contribution in [0.5, 0.6) is 0 Å². The normalized spacial score (nSPS) is 23.0. The van der Waals surface area contributed by atoms with Crippen LogP contribution >= 0.6 is 11.3 Å². The van der Waals surface area contributed by atoms with Gasteiger partial charge in [0.2, 0.25) is 5.13 Å². The molecule has 2 fully saturated rings. The number of hydrogen-bond acceptors (Lipinski definition) is 7. The van der Waals surface area contributed by atoms with Gasteiger partial charge in [0.25, 0.3) is 0 Å². The number of nitrogens with two attached hydrogens (primary N) is 1. The van der Waals surface area contributed by atoms with Gasteiger partial charge >= 0.3 is 0 Å². The molecule has 2 aliphatic rings. The van der Waals surface area contributed by atoms with Gasteiger partial charge in [0.1, 0.15) is 5.01 Å². The van der Waals surface area contributed by atoms with Crippen LogP contribution in [-0.4, -0.2) is 52.2 Å². The molecule has 0 spiro atoms. The Morgan fingerprint density at radius 1 is 1.16 bits per heavy atom. The smallest absolute Gasteiger partial charge is 0.219 e. The first kappa shape index (κ1) is 13.2. The molecule has 0 unspecified atom stereocenters. The zero-order chi connectivity index (χ0) is 13.1. The highest BCUT2D eigenvalue weighted by Gasteiger charge is 2.26. The molecule has 0 atom stereocenters. The third kappa shape index (κ3) is 3.22. The molecule has 106 valence electrons. The molecule has 1 saturated carbocycles. The van der Waals surface area contributed by atoms with E-state index in [1.807, 2.05) is 0 Å². The molecule has 7 heteroatoms. The van der Waals surface area contributed by atoms with E-state index in [0.29, 0.717) is 5.13 Å². The number of hydrazine groups is 1. The number of nitrogen functional groups attached to an aromatic ring is 1. The van der Waals surface area contributed by atoms with Crippen molar-refractivity contribution in [2.45, 2.75) is 38.3 Å². The number of nitrogens with one attached hydrogen (secondary N) is 1. The van der Waals surface area contributed by atoms with Crippen LogP contribution < -0.4 is 11.3 Å². The minimum Gasteiger partial charge on any atom is -0.298 e. The Kier molecular flexibility index (Phi) is 4.27. The van der Waals surface area contributed by atoms with Gasteiger partial charge in [-0.2, -0.15) is 0 Å². The molecule has 3 rings (SSSR count). The molecule has 3 N–H and O–H groups in total. The average Bonchev–Trinajstić information content (AvgIpc) is 3.10. The fourth-order valence-corrected chi connectivity index (χ4v) is 3.82. The Hall–Kier alpha value is -0.760. The van der Waals surface area contributed by atoms with E-state index in [1.165, 1.54) is 50.1 Å². The van der Waals surface area contributed by atoms with Crippen molar-refractivity contribution in [2.75, 3.05) is 31.6 Å². The minimum absolute atomic E-state index is 0.694. The van der Waals surface area contributed by atoms with Gasteiger partial charge < -0.3 is 0 Å². The molecule has 1 saturated heterocycles. The second-order valence-electron chi connectivity index (χ2n) is 5.40. The number of nitrogens with zero attached hydrogens (tertiary/aromatic N) is 4. The highest BCUT2D eigenvalue weighted by molar-refractivity contribution is 7.15. The van der Waals surface area contributed by atoms with Gasteiger partial charge in [-0.3, -0.25) is 15.2 Å². The molecule has 0 amide bonds. The molecule has 1 aromatic rings. The average molecular weight is 282 g/mol. The van der Waals surface area contributed by atoms with E-state index >= 15 is 0 Å². The molecule has 0 aromatic carbocycles. The maximum Gasteiger partial charge on any atom is 0.219 e. The standard InChI is InChI=1S/C12H22N6S/c13-14-12-16-15-11(19-12)9-17-5-7-18(8-6-17)10-3-1-2-4-10/h10H,1-9,13H2,(H,14,16). The van der Waals surface area contributed by atoms with Crippen molar-refractivity contribution in [1.82, 2.24) is 20.0 Å². The van der Waals surface area contributed by atoms with Crippen molar-refractivity contribution in [1.29, 1.82) is 0 Å². The first-order chi connectivity index (χ1) is 9.35. The van der Waals surface area contributed by atoms with Gasteiger partial charge in [0, 0.05) is 32.2 Å². The summed E-state index contributed by atoms with van der Waals surface area (Å²) in [4.78, 5) is 5.14. The van der Waals surface area contributed by atoms with Crippen LogP contribution in [0.4, 0.5) is 5.13 Å². The zero-order valence-corrected chi connectivity index (χ0v) is 12.0. The number of anilines is 1. The molecule has 2 heterocycles. The Morgan fingerprint density at radius 2 is 1.89 bits per heavy atom. The quantitative estimate of drug-likeness (QED) is 0.631. The highest BCUT2D eigenvalue weighted by atomic mass is 32.1. The lowest BCUT2D eigenvalue weighted by atomic mass is 10.2. The molecule has 1 aromatic heterocycles. The lowest BCUT2D eigenvalue weighted by Gasteiger charge is -2.37. The van der Waals surface area contributed by atoms with Crippen molar-refractivity contribution in [2.24, 2.45) is 5.84 Å². The summed E-state index contributed by atoms with van der Waals surface area (Å²) in [7, 11) is 0. The lowest BCUT2D eigenvalue weighted by Crippen LogP contribution is -2.49. The van der Waals surface area contributed by atoms with E-state index in [0.717, 1.165) is 30.7 Å². The van der Waals surface area contributed by atoms with Gasteiger partial charge in [0.05, 0.1) is 6.54 Å². The molecule has 6 nitrogen and oxygen atoms in total. The fourth-order valence-electron chi connectivity index (χ4n) is 3.12. The van der Waals surface area contributed by atoms with Crippen LogP contribution in [0.1, 0.15) is 30.7 Å². The SMILES string of the molecule is NNc1nnc(CN2CCN(C3CCCC3)CC2)s1. The lowest BCUT2D eigenvalue weighted by molar-refractivity contribution is 0.0935. The molecular weight excluding hydrogens is 260 g/mol. The highest BCUT2D eigenvalue weighted by Crippen LogP contribution is 2.24. The van der Waals surface area contributed by atoms with Crippen molar-refractivity contribution < 1.29 is 0 Å². The van der Waals surface area contributed by atoms with Gasteiger partial charge in [0.15, 0.2) is 0 Å². The maximum atomic E-state index is 5.32.